The van der Waals surface area contributed by atoms with E-state index in [-0.39, 0.29) is 0 Å². The molecule has 0 unspecified atom stereocenters. The van der Waals surface area contributed by atoms with Gasteiger partial charge in [0.15, 0.2) is 22.1 Å². The van der Waals surface area contributed by atoms with E-state index < -0.39 is 32.9 Å². The highest BCUT2D eigenvalue weighted by Gasteiger charge is 2.19. The van der Waals surface area contributed by atoms with Gasteiger partial charge in [-0.05, 0) is 10.4 Å². The normalized spacial score (nSPS) is 12.8. The predicted molar refractivity (Wildman–Crippen MR) is 47.0 cm³/mol. The number of hydrogen-bond donors (Lipinski definition) is 2. The van der Waals surface area contributed by atoms with Crippen LogP contribution in [0.1, 0.15) is 0 Å². The molecule has 82 valence electrons. The molecule has 0 aliphatic heterocycles. The maximum atomic E-state index is 11.3. The molecule has 0 spiro atoms. The standard InChI is InChI=1S/C6H2N4O6/c11-5-1(7-13)2(8-14)6(12)4(10-16)3(5)9-15/h13-14H/b7-1-,8-2-. The Hall–Kier alpha value is -2.78. The van der Waals surface area contributed by atoms with Crippen molar-refractivity contribution in [3.8, 4) is 0 Å². The number of hydrogen-bond acceptors (Lipinski definition) is 10. The summed E-state index contributed by atoms with van der Waals surface area (Å²) in [5.74, 6) is 0. The van der Waals surface area contributed by atoms with E-state index in [4.69, 9.17) is 10.4 Å². The van der Waals surface area contributed by atoms with Crippen LogP contribution >= 0.6 is 0 Å². The van der Waals surface area contributed by atoms with Crippen molar-refractivity contribution >= 4 is 11.4 Å². The Kier molecular flexibility index (Phi) is 2.94. The molecule has 0 atom stereocenters. The zero-order valence-corrected chi connectivity index (χ0v) is 7.32. The van der Waals surface area contributed by atoms with Crippen LogP contribution in [0.3, 0.4) is 0 Å². The van der Waals surface area contributed by atoms with Gasteiger partial charge in [0.1, 0.15) is 0 Å². The van der Waals surface area contributed by atoms with Crippen molar-refractivity contribution in [3.63, 3.8) is 0 Å². The second kappa shape index (κ2) is 4.16. The van der Waals surface area contributed by atoms with Gasteiger partial charge in [-0.25, -0.2) is 0 Å². The van der Waals surface area contributed by atoms with Crippen molar-refractivity contribution in [2.75, 3.05) is 0 Å². The fourth-order valence-corrected chi connectivity index (χ4v) is 1.01. The van der Waals surface area contributed by atoms with Crippen LogP contribution in [0.5, 0.6) is 0 Å². The Morgan fingerprint density at radius 2 is 1.06 bits per heavy atom. The summed E-state index contributed by atoms with van der Waals surface area (Å²) in [5.41, 5.74) is -4.86. The highest BCUT2D eigenvalue weighted by Crippen LogP contribution is 2.15. The van der Waals surface area contributed by atoms with Gasteiger partial charge in [0.2, 0.25) is 10.9 Å². The summed E-state index contributed by atoms with van der Waals surface area (Å²) in [7, 11) is 0. The van der Waals surface area contributed by atoms with Crippen LogP contribution < -0.4 is 21.6 Å². The van der Waals surface area contributed by atoms with Crippen LogP contribution in [0.25, 0.3) is 0 Å². The van der Waals surface area contributed by atoms with E-state index in [2.05, 4.69) is 20.7 Å². The molecule has 0 saturated heterocycles. The van der Waals surface area contributed by atoms with Crippen molar-refractivity contribution in [2.24, 2.45) is 20.7 Å². The monoisotopic (exact) mass is 226 g/mol. The number of nitroso groups, excluding NO2 is 2. The largest absolute Gasteiger partial charge is 0.410 e. The SMILES string of the molecule is O=Nc1c(N=O)c(=O)c(=N\O)/c(=N/O)c1=O. The molecule has 0 radical (unpaired) electrons. The lowest BCUT2D eigenvalue weighted by Crippen LogP contribution is -2.48. The van der Waals surface area contributed by atoms with Gasteiger partial charge in [-0.15, -0.1) is 9.81 Å². The minimum atomic E-state index is -1.33. The average molecular weight is 226 g/mol. The molecular formula is C6H2N4O6. The van der Waals surface area contributed by atoms with Crippen molar-refractivity contribution in [1.29, 1.82) is 0 Å². The number of benzene rings is 1. The van der Waals surface area contributed by atoms with E-state index >= 15 is 0 Å². The third-order valence-corrected chi connectivity index (χ3v) is 1.69. The predicted octanol–water partition coefficient (Wildman–Crippen LogP) is -1.34. The maximum absolute atomic E-state index is 11.3. The van der Waals surface area contributed by atoms with Crippen molar-refractivity contribution in [3.05, 3.63) is 41.0 Å². The lowest BCUT2D eigenvalue weighted by atomic mass is 10.2. The highest BCUT2D eigenvalue weighted by molar-refractivity contribution is 5.60. The van der Waals surface area contributed by atoms with E-state index in [1.165, 1.54) is 0 Å². The van der Waals surface area contributed by atoms with Gasteiger partial charge >= 0.3 is 0 Å². The summed E-state index contributed by atoms with van der Waals surface area (Å²) < 4.78 is 0. The molecule has 0 heterocycles. The molecule has 2 N–H and O–H groups in total. The zero-order chi connectivity index (χ0) is 12.3. The molecule has 16 heavy (non-hydrogen) atoms. The van der Waals surface area contributed by atoms with E-state index in [0.29, 0.717) is 0 Å². The third kappa shape index (κ3) is 1.37. The van der Waals surface area contributed by atoms with Crippen LogP contribution in [-0.4, -0.2) is 10.4 Å². The van der Waals surface area contributed by atoms with Crippen molar-refractivity contribution in [2.45, 2.75) is 0 Å². The van der Waals surface area contributed by atoms with Crippen LogP contribution in [0.2, 0.25) is 0 Å². The molecule has 1 rings (SSSR count). The second-order valence-corrected chi connectivity index (χ2v) is 2.44. The topological polar surface area (TPSA) is 158 Å². The first-order valence-electron chi connectivity index (χ1n) is 3.57. The van der Waals surface area contributed by atoms with Gasteiger partial charge in [0.05, 0.1) is 0 Å². The van der Waals surface area contributed by atoms with Crippen LogP contribution in [-0.2, 0) is 0 Å². The Morgan fingerprint density at radius 1 is 0.750 bits per heavy atom. The molecule has 10 nitrogen and oxygen atoms in total. The Morgan fingerprint density at radius 3 is 1.25 bits per heavy atom. The second-order valence-electron chi connectivity index (χ2n) is 2.44. The van der Waals surface area contributed by atoms with Crippen LogP contribution in [0.15, 0.2) is 30.3 Å². The summed E-state index contributed by atoms with van der Waals surface area (Å²) >= 11 is 0. The lowest BCUT2D eigenvalue weighted by Gasteiger charge is -1.90. The molecule has 0 saturated carbocycles. The smallest absolute Gasteiger partial charge is 0.241 e. The molecule has 0 amide bonds. The van der Waals surface area contributed by atoms with Gasteiger partial charge < -0.3 is 10.4 Å². The molecule has 0 bridgehead atoms. The van der Waals surface area contributed by atoms with Gasteiger partial charge in [-0.1, -0.05) is 10.3 Å². The quantitative estimate of drug-likeness (QED) is 0.360. The van der Waals surface area contributed by atoms with Crippen molar-refractivity contribution in [1.82, 2.24) is 0 Å². The minimum absolute atomic E-state index is 0.991. The summed E-state index contributed by atoms with van der Waals surface area (Å²) in [4.78, 5) is 43.0. The fourth-order valence-electron chi connectivity index (χ4n) is 1.01. The molecule has 1 aromatic rings. The molecule has 10 heteroatoms. The van der Waals surface area contributed by atoms with Crippen LogP contribution in [0.4, 0.5) is 11.4 Å². The third-order valence-electron chi connectivity index (χ3n) is 1.69. The summed E-state index contributed by atoms with van der Waals surface area (Å²) in [6.45, 7) is 0. The molecule has 0 aromatic heterocycles. The number of rotatable bonds is 2. The van der Waals surface area contributed by atoms with E-state index in [9.17, 15) is 19.4 Å². The van der Waals surface area contributed by atoms with E-state index in [1.54, 1.807) is 0 Å². The first kappa shape index (κ1) is 11.3. The molecular weight excluding hydrogens is 224 g/mol. The molecule has 1 aromatic carbocycles. The first-order valence-corrected chi connectivity index (χ1v) is 3.57. The van der Waals surface area contributed by atoms with Gasteiger partial charge in [-0.3, -0.25) is 9.59 Å². The fraction of sp³-hybridized carbons (Fsp3) is 0. The molecule has 0 aliphatic rings. The highest BCUT2D eigenvalue weighted by atomic mass is 16.4. The first-order chi connectivity index (χ1) is 7.62. The number of nitrogens with zero attached hydrogens (tertiary/aromatic N) is 4. The van der Waals surface area contributed by atoms with Crippen LogP contribution in [0, 0.1) is 9.81 Å². The summed E-state index contributed by atoms with van der Waals surface area (Å²) in [5, 5.41) is 23.8. The summed E-state index contributed by atoms with van der Waals surface area (Å²) in [6.07, 6.45) is 0. The summed E-state index contributed by atoms with van der Waals surface area (Å²) in [6, 6.07) is 0. The minimum Gasteiger partial charge on any atom is -0.410 e. The van der Waals surface area contributed by atoms with Gasteiger partial charge in [-0.2, -0.15) is 0 Å². The van der Waals surface area contributed by atoms with Gasteiger partial charge in [0, 0.05) is 0 Å². The molecule has 0 aliphatic carbocycles. The Bertz CT molecular complexity index is 609. The zero-order valence-electron chi connectivity index (χ0n) is 7.32. The van der Waals surface area contributed by atoms with E-state index in [1.807, 2.05) is 0 Å². The van der Waals surface area contributed by atoms with E-state index in [0.717, 1.165) is 0 Å². The lowest BCUT2D eigenvalue weighted by molar-refractivity contribution is 0.286. The van der Waals surface area contributed by atoms with Crippen molar-refractivity contribution < 1.29 is 10.4 Å². The Labute approximate surface area is 84.4 Å². The molecule has 0 fully saturated rings. The Balaban J connectivity index is 4.26. The van der Waals surface area contributed by atoms with Gasteiger partial charge in [0.25, 0.3) is 0 Å². The average Bonchev–Trinajstić information content (AvgIpc) is 2.30. The maximum Gasteiger partial charge on any atom is 0.241 e.